The average molecular weight is 363 g/mol. The predicted molar refractivity (Wildman–Crippen MR) is 92.0 cm³/mol. The Morgan fingerprint density at radius 2 is 1.77 bits per heavy atom. The van der Waals surface area contributed by atoms with Gasteiger partial charge in [0.15, 0.2) is 5.78 Å². The number of piperidine rings is 1. The van der Waals surface area contributed by atoms with E-state index in [0.29, 0.717) is 18.4 Å². The van der Waals surface area contributed by atoms with Gasteiger partial charge < -0.3 is 20.1 Å². The van der Waals surface area contributed by atoms with E-state index in [4.69, 9.17) is 4.74 Å². The molecule has 2 bridgehead atoms. The Kier molecular flexibility index (Phi) is 5.43. The van der Waals surface area contributed by atoms with E-state index in [0.717, 1.165) is 0 Å². The number of esters is 1. The minimum atomic E-state index is -1.58. The smallest absolute Gasteiger partial charge is 0.312 e. The van der Waals surface area contributed by atoms with Gasteiger partial charge in [0.2, 0.25) is 0 Å². The van der Waals surface area contributed by atoms with Crippen molar-refractivity contribution in [2.75, 3.05) is 14.2 Å². The van der Waals surface area contributed by atoms with Crippen LogP contribution in [0.15, 0.2) is 30.3 Å². The fourth-order valence-electron chi connectivity index (χ4n) is 4.57. The zero-order valence-electron chi connectivity index (χ0n) is 14.9. The van der Waals surface area contributed by atoms with Gasteiger partial charge >= 0.3 is 5.97 Å². The molecule has 142 valence electrons. The summed E-state index contributed by atoms with van der Waals surface area (Å²) in [5, 5.41) is 31.8. The summed E-state index contributed by atoms with van der Waals surface area (Å²) in [6.45, 7) is 0. The molecule has 0 saturated carbocycles. The van der Waals surface area contributed by atoms with E-state index in [9.17, 15) is 24.9 Å². The van der Waals surface area contributed by atoms with Crippen molar-refractivity contribution in [2.24, 2.45) is 11.8 Å². The number of benzene rings is 1. The zero-order valence-corrected chi connectivity index (χ0v) is 14.9. The Balaban J connectivity index is 1.86. The molecule has 7 nitrogen and oxygen atoms in total. The van der Waals surface area contributed by atoms with Crippen molar-refractivity contribution in [1.82, 2.24) is 4.90 Å². The number of hydrogen-bond acceptors (Lipinski definition) is 7. The summed E-state index contributed by atoms with van der Waals surface area (Å²) in [6, 6.07) is 7.92. The third-order valence-corrected chi connectivity index (χ3v) is 5.94. The van der Waals surface area contributed by atoms with Crippen molar-refractivity contribution in [3.63, 3.8) is 0 Å². The minimum absolute atomic E-state index is 0.181. The van der Waals surface area contributed by atoms with Crippen LogP contribution in [0.5, 0.6) is 0 Å². The van der Waals surface area contributed by atoms with Gasteiger partial charge in [0.25, 0.3) is 0 Å². The molecule has 2 aliphatic heterocycles. The number of rotatable bonds is 5. The molecule has 2 aliphatic rings. The van der Waals surface area contributed by atoms with Crippen molar-refractivity contribution in [3.8, 4) is 0 Å². The van der Waals surface area contributed by atoms with Crippen LogP contribution < -0.4 is 0 Å². The Morgan fingerprint density at radius 3 is 2.38 bits per heavy atom. The van der Waals surface area contributed by atoms with Crippen LogP contribution in [-0.4, -0.2) is 70.4 Å². The second kappa shape index (κ2) is 7.44. The molecule has 1 aromatic rings. The maximum absolute atomic E-state index is 12.7. The Bertz CT molecular complexity index is 665. The van der Waals surface area contributed by atoms with Crippen LogP contribution in [-0.2, 0) is 14.3 Å². The first-order valence-electron chi connectivity index (χ1n) is 8.81. The first kappa shape index (κ1) is 19.0. The molecule has 0 radical (unpaired) electrons. The summed E-state index contributed by atoms with van der Waals surface area (Å²) in [7, 11) is 3.08. The lowest BCUT2D eigenvalue weighted by Crippen LogP contribution is -2.61. The van der Waals surface area contributed by atoms with Crippen molar-refractivity contribution >= 4 is 11.8 Å². The molecule has 0 amide bonds. The second-order valence-electron chi connectivity index (χ2n) is 7.15. The molecule has 2 saturated heterocycles. The molecule has 7 heteroatoms. The number of aliphatic hydroxyl groups excluding tert-OH is 3. The fraction of sp³-hybridized carbons (Fsp3) is 0.579. The number of methoxy groups -OCH3 is 1. The first-order chi connectivity index (χ1) is 12.4. The minimum Gasteiger partial charge on any atom is -0.469 e. The number of aliphatic hydroxyl groups is 3. The topological polar surface area (TPSA) is 107 Å². The van der Waals surface area contributed by atoms with E-state index in [-0.39, 0.29) is 12.1 Å². The number of ether oxygens (including phenoxy) is 1. The number of carbonyl (C=O) groups is 2. The van der Waals surface area contributed by atoms with Gasteiger partial charge in [-0.2, -0.15) is 0 Å². The summed E-state index contributed by atoms with van der Waals surface area (Å²) in [5.74, 6) is -3.02. The highest BCUT2D eigenvalue weighted by molar-refractivity contribution is 5.88. The average Bonchev–Trinajstić information content (AvgIpc) is 2.93. The summed E-state index contributed by atoms with van der Waals surface area (Å²) in [4.78, 5) is 26.8. The third-order valence-electron chi connectivity index (χ3n) is 5.94. The molecule has 3 rings (SSSR count). The standard InChI is InChI=1S/C19H25NO6/c1-20-11-8-9-12(20)14(19(25)26-2)16(22)13(11)17(23)18(24)15(21)10-6-4-3-5-7-10/h3-7,11-17,21-23H,8-9H2,1-2H3/t11-,12+,13?,14+,15?,16-,17?/m0/s1. The lowest BCUT2D eigenvalue weighted by molar-refractivity contribution is -0.169. The highest BCUT2D eigenvalue weighted by Gasteiger charge is 2.57. The van der Waals surface area contributed by atoms with E-state index >= 15 is 0 Å². The monoisotopic (exact) mass is 363 g/mol. The van der Waals surface area contributed by atoms with Gasteiger partial charge in [-0.3, -0.25) is 14.5 Å². The molecular formula is C19H25NO6. The SMILES string of the molecule is COC(=O)[C@@H]1[C@H]2CC[C@@H](C(C(O)C(=O)C(O)c3ccccc3)[C@@H]1O)N2C. The first-order valence-corrected chi connectivity index (χ1v) is 8.81. The molecule has 1 aromatic carbocycles. The molecule has 7 atom stereocenters. The van der Waals surface area contributed by atoms with Gasteiger partial charge in [0, 0.05) is 18.0 Å². The normalized spacial score (nSPS) is 33.5. The zero-order chi connectivity index (χ0) is 19.0. The van der Waals surface area contributed by atoms with E-state index in [1.54, 1.807) is 30.3 Å². The molecular weight excluding hydrogens is 338 g/mol. The van der Waals surface area contributed by atoms with E-state index in [1.165, 1.54) is 7.11 Å². The number of fused-ring (bicyclic) bond motifs is 2. The summed E-state index contributed by atoms with van der Waals surface area (Å²) >= 11 is 0. The van der Waals surface area contributed by atoms with E-state index < -0.39 is 41.9 Å². The molecule has 0 aliphatic carbocycles. The van der Waals surface area contributed by atoms with Crippen LogP contribution in [0, 0.1) is 11.8 Å². The van der Waals surface area contributed by atoms with E-state index in [1.807, 2.05) is 11.9 Å². The molecule has 0 aromatic heterocycles. The van der Waals surface area contributed by atoms with Crippen LogP contribution in [0.2, 0.25) is 0 Å². The Labute approximate surface area is 152 Å². The Morgan fingerprint density at radius 1 is 1.15 bits per heavy atom. The number of hydrogen-bond donors (Lipinski definition) is 3. The van der Waals surface area contributed by atoms with Crippen molar-refractivity contribution in [2.45, 2.75) is 43.2 Å². The molecule has 3 N–H and O–H groups in total. The maximum atomic E-state index is 12.7. The van der Waals surface area contributed by atoms with Gasteiger partial charge in [-0.25, -0.2) is 0 Å². The third kappa shape index (κ3) is 3.05. The van der Waals surface area contributed by atoms with Gasteiger partial charge in [-0.1, -0.05) is 30.3 Å². The number of ketones is 1. The lowest BCUT2D eigenvalue weighted by Gasteiger charge is -2.46. The highest BCUT2D eigenvalue weighted by Crippen LogP contribution is 2.44. The molecule has 3 unspecified atom stereocenters. The number of carbonyl (C=O) groups excluding carboxylic acids is 2. The number of Topliss-reactive ketones (excluding diaryl/α,β-unsaturated/α-hetero) is 1. The molecule has 0 spiro atoms. The molecule has 2 fully saturated rings. The molecule has 26 heavy (non-hydrogen) atoms. The van der Waals surface area contributed by atoms with Gasteiger partial charge in [-0.05, 0) is 25.5 Å². The van der Waals surface area contributed by atoms with E-state index in [2.05, 4.69) is 0 Å². The van der Waals surface area contributed by atoms with Crippen molar-refractivity contribution < 1.29 is 29.6 Å². The van der Waals surface area contributed by atoms with Crippen LogP contribution in [0.1, 0.15) is 24.5 Å². The van der Waals surface area contributed by atoms with Gasteiger partial charge in [0.05, 0.1) is 19.1 Å². The number of nitrogens with zero attached hydrogens (tertiary/aromatic N) is 1. The summed E-state index contributed by atoms with van der Waals surface area (Å²) in [6.07, 6.45) is -2.95. The highest BCUT2D eigenvalue weighted by atomic mass is 16.5. The Hall–Kier alpha value is -1.80. The quantitative estimate of drug-likeness (QED) is 0.627. The van der Waals surface area contributed by atoms with Crippen molar-refractivity contribution in [1.29, 1.82) is 0 Å². The lowest BCUT2D eigenvalue weighted by atomic mass is 9.75. The summed E-state index contributed by atoms with van der Waals surface area (Å²) in [5.41, 5.74) is 0.379. The second-order valence-corrected chi connectivity index (χ2v) is 7.15. The van der Waals surface area contributed by atoms with Crippen LogP contribution in [0.25, 0.3) is 0 Å². The largest absolute Gasteiger partial charge is 0.469 e. The van der Waals surface area contributed by atoms with Gasteiger partial charge in [0.1, 0.15) is 12.2 Å². The maximum Gasteiger partial charge on any atom is 0.312 e. The fourth-order valence-corrected chi connectivity index (χ4v) is 4.57. The van der Waals surface area contributed by atoms with Crippen molar-refractivity contribution in [3.05, 3.63) is 35.9 Å². The van der Waals surface area contributed by atoms with Gasteiger partial charge in [-0.15, -0.1) is 0 Å². The van der Waals surface area contributed by atoms with Crippen LogP contribution in [0.3, 0.4) is 0 Å². The molecule has 2 heterocycles. The van der Waals surface area contributed by atoms with Crippen LogP contribution >= 0.6 is 0 Å². The van der Waals surface area contributed by atoms with Crippen LogP contribution in [0.4, 0.5) is 0 Å². The predicted octanol–water partition coefficient (Wildman–Crippen LogP) is -0.107. The summed E-state index contributed by atoms with van der Waals surface area (Å²) < 4.78 is 4.82.